The summed E-state index contributed by atoms with van der Waals surface area (Å²) in [6, 6.07) is 20.4. The number of hydrogen-bond donors (Lipinski definition) is 2. The number of ketones is 1. The van der Waals surface area contributed by atoms with Gasteiger partial charge in [-0.2, -0.15) is 0 Å². The van der Waals surface area contributed by atoms with E-state index >= 15 is 0 Å². The molecule has 0 aliphatic rings. The lowest BCUT2D eigenvalue weighted by Gasteiger charge is -2.20. The van der Waals surface area contributed by atoms with Gasteiger partial charge in [0.1, 0.15) is 6.04 Å². The van der Waals surface area contributed by atoms with E-state index in [-0.39, 0.29) is 17.6 Å². The number of nitrogens with one attached hydrogen (secondary N) is 2. The number of aromatic nitrogens is 1. The highest BCUT2D eigenvalue weighted by Crippen LogP contribution is 2.23. The number of ether oxygens (including phenoxy) is 1. The summed E-state index contributed by atoms with van der Waals surface area (Å²) in [5, 5.41) is 4.26. The number of H-pyrrole nitrogens is 1. The number of halogens is 1. The lowest BCUT2D eigenvalue weighted by atomic mass is 9.86. The van der Waals surface area contributed by atoms with E-state index in [1.165, 1.54) is 0 Å². The average Bonchev–Trinajstić information content (AvgIpc) is 3.29. The van der Waals surface area contributed by atoms with Crippen molar-refractivity contribution in [1.82, 2.24) is 10.3 Å². The molecule has 0 aliphatic carbocycles. The van der Waals surface area contributed by atoms with Crippen molar-refractivity contribution in [3.05, 3.63) is 106 Å². The summed E-state index contributed by atoms with van der Waals surface area (Å²) >= 11 is 5.88. The first-order valence-electron chi connectivity index (χ1n) is 12.0. The Bertz CT molecular complexity index is 1420. The van der Waals surface area contributed by atoms with E-state index in [1.807, 2.05) is 42.6 Å². The molecular formula is C30H29ClN2O4. The van der Waals surface area contributed by atoms with Crippen molar-refractivity contribution in [2.24, 2.45) is 0 Å². The van der Waals surface area contributed by atoms with Crippen LogP contribution in [0.15, 0.2) is 79.0 Å². The van der Waals surface area contributed by atoms with Crippen LogP contribution >= 0.6 is 11.6 Å². The predicted molar refractivity (Wildman–Crippen MR) is 145 cm³/mol. The van der Waals surface area contributed by atoms with E-state index in [2.05, 4.69) is 31.1 Å². The van der Waals surface area contributed by atoms with Crippen LogP contribution in [0, 0.1) is 0 Å². The minimum Gasteiger partial charge on any atom is -0.456 e. The van der Waals surface area contributed by atoms with Gasteiger partial charge in [-0.05, 0) is 59.0 Å². The van der Waals surface area contributed by atoms with E-state index in [9.17, 15) is 14.4 Å². The molecule has 190 valence electrons. The van der Waals surface area contributed by atoms with Gasteiger partial charge in [-0.3, -0.25) is 9.59 Å². The molecule has 4 aromatic rings. The number of esters is 1. The molecule has 37 heavy (non-hydrogen) atoms. The van der Waals surface area contributed by atoms with Gasteiger partial charge in [0.2, 0.25) is 0 Å². The molecule has 0 bridgehead atoms. The maximum Gasteiger partial charge on any atom is 0.329 e. The van der Waals surface area contributed by atoms with Crippen molar-refractivity contribution >= 4 is 40.2 Å². The standard InChI is InChI=1S/C30H29ClN2O4/c1-30(2,3)22-12-8-20(9-13-22)28(35)33-26(16-21-17-32-25-7-5-4-6-24(21)25)29(36)37-18-27(34)19-10-14-23(31)15-11-19/h4-15,17,26,32H,16,18H2,1-3H3,(H,33,35). The third-order valence-corrected chi connectivity index (χ3v) is 6.47. The number of carbonyl (C=O) groups excluding carboxylic acids is 3. The molecule has 1 unspecified atom stereocenters. The highest BCUT2D eigenvalue weighted by atomic mass is 35.5. The van der Waals surface area contributed by atoms with Gasteiger partial charge < -0.3 is 15.0 Å². The predicted octanol–water partition coefficient (Wildman–Crippen LogP) is 5.89. The average molecular weight is 517 g/mol. The fraction of sp³-hybridized carbons (Fsp3) is 0.233. The van der Waals surface area contributed by atoms with Crippen LogP contribution < -0.4 is 5.32 Å². The topological polar surface area (TPSA) is 88.3 Å². The summed E-state index contributed by atoms with van der Waals surface area (Å²) in [4.78, 5) is 41.9. The van der Waals surface area contributed by atoms with Crippen LogP contribution in [-0.2, 0) is 21.4 Å². The Balaban J connectivity index is 1.52. The number of rotatable bonds is 8. The van der Waals surface area contributed by atoms with Gasteiger partial charge in [-0.15, -0.1) is 0 Å². The summed E-state index contributed by atoms with van der Waals surface area (Å²) in [5.74, 6) is -1.45. The number of benzene rings is 3. The summed E-state index contributed by atoms with van der Waals surface area (Å²) in [5.41, 5.74) is 3.64. The smallest absolute Gasteiger partial charge is 0.329 e. The zero-order valence-electron chi connectivity index (χ0n) is 21.0. The van der Waals surface area contributed by atoms with E-state index in [4.69, 9.17) is 16.3 Å². The van der Waals surface area contributed by atoms with Crippen LogP contribution in [0.25, 0.3) is 10.9 Å². The van der Waals surface area contributed by atoms with Crippen LogP contribution in [0.3, 0.4) is 0 Å². The molecule has 1 atom stereocenters. The molecule has 0 fully saturated rings. The van der Waals surface area contributed by atoms with Crippen molar-refractivity contribution in [3.8, 4) is 0 Å². The fourth-order valence-electron chi connectivity index (χ4n) is 4.03. The fourth-order valence-corrected chi connectivity index (χ4v) is 4.16. The van der Waals surface area contributed by atoms with Gasteiger partial charge in [-0.25, -0.2) is 4.79 Å². The number of carbonyl (C=O) groups is 3. The van der Waals surface area contributed by atoms with Gasteiger partial charge in [0.25, 0.3) is 5.91 Å². The Labute approximate surface area is 221 Å². The van der Waals surface area contributed by atoms with Gasteiger partial charge in [0.15, 0.2) is 12.4 Å². The first-order chi connectivity index (χ1) is 17.6. The molecule has 1 heterocycles. The zero-order valence-corrected chi connectivity index (χ0v) is 21.8. The van der Waals surface area contributed by atoms with Crippen molar-refractivity contribution in [2.75, 3.05) is 6.61 Å². The molecule has 0 radical (unpaired) electrons. The Hall–Kier alpha value is -3.90. The van der Waals surface area contributed by atoms with Gasteiger partial charge in [0, 0.05) is 39.7 Å². The first-order valence-corrected chi connectivity index (χ1v) is 12.4. The van der Waals surface area contributed by atoms with Crippen LogP contribution in [0.4, 0.5) is 0 Å². The van der Waals surface area contributed by atoms with E-state index < -0.39 is 24.5 Å². The van der Waals surface area contributed by atoms with Crippen molar-refractivity contribution < 1.29 is 19.1 Å². The second-order valence-electron chi connectivity index (χ2n) is 9.95. The van der Waals surface area contributed by atoms with Crippen molar-refractivity contribution in [3.63, 3.8) is 0 Å². The molecule has 0 aliphatic heterocycles. The second-order valence-corrected chi connectivity index (χ2v) is 10.4. The number of amides is 1. The molecule has 0 saturated carbocycles. The highest BCUT2D eigenvalue weighted by molar-refractivity contribution is 6.30. The number of para-hydroxylation sites is 1. The molecule has 1 aromatic heterocycles. The molecule has 7 heteroatoms. The maximum atomic E-state index is 13.1. The second kappa shape index (κ2) is 11.0. The van der Waals surface area contributed by atoms with Gasteiger partial charge in [0.05, 0.1) is 0 Å². The molecule has 2 N–H and O–H groups in total. The minimum absolute atomic E-state index is 0.0483. The zero-order chi connectivity index (χ0) is 26.6. The van der Waals surface area contributed by atoms with Crippen molar-refractivity contribution in [1.29, 1.82) is 0 Å². The van der Waals surface area contributed by atoms with Gasteiger partial charge in [-0.1, -0.05) is 62.7 Å². The highest BCUT2D eigenvalue weighted by Gasteiger charge is 2.26. The molecule has 1 amide bonds. The maximum absolute atomic E-state index is 13.1. The van der Waals surface area contributed by atoms with E-state index in [0.717, 1.165) is 22.0 Å². The molecule has 6 nitrogen and oxygen atoms in total. The number of aromatic amines is 1. The van der Waals surface area contributed by atoms with E-state index in [1.54, 1.807) is 36.4 Å². The largest absolute Gasteiger partial charge is 0.456 e. The number of hydrogen-bond acceptors (Lipinski definition) is 4. The molecule has 4 rings (SSSR count). The molecule has 0 spiro atoms. The summed E-state index contributed by atoms with van der Waals surface area (Å²) < 4.78 is 5.37. The Kier molecular flexibility index (Phi) is 7.79. The lowest BCUT2D eigenvalue weighted by molar-refractivity contribution is -0.144. The van der Waals surface area contributed by atoms with Crippen LogP contribution in [0.1, 0.15) is 52.6 Å². The van der Waals surface area contributed by atoms with E-state index in [0.29, 0.717) is 16.1 Å². The molecular weight excluding hydrogens is 488 g/mol. The normalized spacial score (nSPS) is 12.2. The summed E-state index contributed by atoms with van der Waals surface area (Å²) in [6.07, 6.45) is 2.01. The third kappa shape index (κ3) is 6.46. The monoisotopic (exact) mass is 516 g/mol. The van der Waals surface area contributed by atoms with Crippen LogP contribution in [-0.4, -0.2) is 35.3 Å². The molecule has 0 saturated heterocycles. The molecule has 3 aromatic carbocycles. The number of Topliss-reactive ketones (excluding diaryl/α,β-unsaturated/α-hetero) is 1. The Morgan fingerprint density at radius 2 is 1.57 bits per heavy atom. The quantitative estimate of drug-likeness (QED) is 0.226. The van der Waals surface area contributed by atoms with Crippen molar-refractivity contribution in [2.45, 2.75) is 38.6 Å². The minimum atomic E-state index is -0.994. The summed E-state index contributed by atoms with van der Waals surface area (Å²) in [7, 11) is 0. The van der Waals surface area contributed by atoms with Crippen LogP contribution in [0.5, 0.6) is 0 Å². The Morgan fingerprint density at radius 1 is 0.919 bits per heavy atom. The lowest BCUT2D eigenvalue weighted by Crippen LogP contribution is -2.43. The van der Waals surface area contributed by atoms with Gasteiger partial charge >= 0.3 is 5.97 Å². The summed E-state index contributed by atoms with van der Waals surface area (Å²) in [6.45, 7) is 5.85. The SMILES string of the molecule is CC(C)(C)c1ccc(C(=O)NC(Cc2c[nH]c3ccccc23)C(=O)OCC(=O)c2ccc(Cl)cc2)cc1. The Morgan fingerprint density at radius 3 is 2.24 bits per heavy atom. The first kappa shape index (κ1) is 26.2. The van der Waals surface area contributed by atoms with Crippen LogP contribution in [0.2, 0.25) is 5.02 Å². The third-order valence-electron chi connectivity index (χ3n) is 6.21. The number of fused-ring (bicyclic) bond motifs is 1.